The first-order chi connectivity index (χ1) is 14.7. The third-order valence-corrected chi connectivity index (χ3v) is 5.25. The number of fused-ring (bicyclic) bond motifs is 1. The predicted octanol–water partition coefficient (Wildman–Crippen LogP) is 5.20. The van der Waals surface area contributed by atoms with Crippen LogP contribution in [0.2, 0.25) is 0 Å². The highest BCUT2D eigenvalue weighted by Crippen LogP contribution is 2.25. The minimum absolute atomic E-state index is 0.784. The molecule has 152 valence electrons. The van der Waals surface area contributed by atoms with Crippen molar-refractivity contribution in [2.75, 3.05) is 24.3 Å². The highest BCUT2D eigenvalue weighted by molar-refractivity contribution is 5.93. The van der Waals surface area contributed by atoms with E-state index in [0.717, 1.165) is 41.9 Å². The minimum Gasteiger partial charge on any atom is -0.380 e. The van der Waals surface area contributed by atoms with E-state index in [0.29, 0.717) is 0 Å². The number of hydrogen-bond acceptors (Lipinski definition) is 4. The van der Waals surface area contributed by atoms with E-state index in [-0.39, 0.29) is 0 Å². The van der Waals surface area contributed by atoms with Gasteiger partial charge in [0.15, 0.2) is 0 Å². The van der Waals surface area contributed by atoms with Crippen molar-refractivity contribution < 1.29 is 0 Å². The summed E-state index contributed by atoms with van der Waals surface area (Å²) in [6, 6.07) is 27.7. The molecule has 0 aliphatic rings. The fourth-order valence-electron chi connectivity index (χ4n) is 3.49. The van der Waals surface area contributed by atoms with Crippen molar-refractivity contribution in [2.24, 2.45) is 0 Å². The second-order valence-corrected chi connectivity index (χ2v) is 7.71. The molecule has 1 heterocycles. The van der Waals surface area contributed by atoms with Crippen LogP contribution in [0, 0.1) is 0 Å². The number of anilines is 2. The lowest BCUT2D eigenvalue weighted by atomic mass is 10.1. The third-order valence-electron chi connectivity index (χ3n) is 5.25. The second-order valence-electron chi connectivity index (χ2n) is 7.71. The Morgan fingerprint density at radius 1 is 0.733 bits per heavy atom. The molecule has 0 spiro atoms. The molecule has 4 heteroatoms. The van der Waals surface area contributed by atoms with Crippen molar-refractivity contribution in [3.05, 3.63) is 102 Å². The van der Waals surface area contributed by atoms with Crippen LogP contribution in [0.5, 0.6) is 0 Å². The van der Waals surface area contributed by atoms with Crippen LogP contribution >= 0.6 is 0 Å². The highest BCUT2D eigenvalue weighted by Gasteiger charge is 2.04. The van der Waals surface area contributed by atoms with Crippen molar-refractivity contribution in [3.63, 3.8) is 0 Å². The Labute approximate surface area is 178 Å². The molecule has 1 aromatic heterocycles. The second kappa shape index (κ2) is 9.42. The molecular formula is C26H28N4. The summed E-state index contributed by atoms with van der Waals surface area (Å²) in [5.41, 5.74) is 7.13. The van der Waals surface area contributed by atoms with Gasteiger partial charge in [0.1, 0.15) is 0 Å². The van der Waals surface area contributed by atoms with Gasteiger partial charge >= 0.3 is 0 Å². The van der Waals surface area contributed by atoms with E-state index in [1.807, 2.05) is 32.4 Å². The van der Waals surface area contributed by atoms with Crippen molar-refractivity contribution >= 4 is 22.3 Å². The number of rotatable bonds is 8. The van der Waals surface area contributed by atoms with E-state index in [1.54, 1.807) is 0 Å². The Morgan fingerprint density at radius 3 is 2.10 bits per heavy atom. The van der Waals surface area contributed by atoms with E-state index in [2.05, 4.69) is 87.2 Å². The summed E-state index contributed by atoms with van der Waals surface area (Å²) in [4.78, 5) is 6.62. The Morgan fingerprint density at radius 2 is 1.40 bits per heavy atom. The van der Waals surface area contributed by atoms with Gasteiger partial charge in [-0.3, -0.25) is 4.98 Å². The molecule has 0 saturated carbocycles. The van der Waals surface area contributed by atoms with Crippen LogP contribution in [-0.4, -0.2) is 19.1 Å². The van der Waals surface area contributed by atoms with E-state index in [9.17, 15) is 0 Å². The number of nitrogens with one attached hydrogen (secondary N) is 2. The average molecular weight is 397 g/mol. The fourth-order valence-corrected chi connectivity index (χ4v) is 3.49. The Hall–Kier alpha value is -3.37. The van der Waals surface area contributed by atoms with Gasteiger partial charge in [-0.15, -0.1) is 0 Å². The van der Waals surface area contributed by atoms with E-state index in [4.69, 9.17) is 0 Å². The molecule has 4 aromatic rings. The summed E-state index contributed by atoms with van der Waals surface area (Å²) in [6.07, 6.45) is 1.87. The molecule has 0 bridgehead atoms. The van der Waals surface area contributed by atoms with Crippen molar-refractivity contribution in [1.82, 2.24) is 10.3 Å². The van der Waals surface area contributed by atoms with Crippen LogP contribution in [-0.2, 0) is 19.6 Å². The smallest absolute Gasteiger partial charge is 0.0743 e. The van der Waals surface area contributed by atoms with Gasteiger partial charge in [0.05, 0.1) is 5.52 Å². The van der Waals surface area contributed by atoms with Crippen molar-refractivity contribution in [3.8, 4) is 0 Å². The molecule has 0 unspecified atom stereocenters. The molecule has 0 aliphatic heterocycles. The lowest BCUT2D eigenvalue weighted by Gasteiger charge is -2.14. The molecule has 0 aliphatic carbocycles. The number of pyridine rings is 1. The molecule has 30 heavy (non-hydrogen) atoms. The number of aromatic nitrogens is 1. The quantitative estimate of drug-likeness (QED) is 0.429. The van der Waals surface area contributed by atoms with E-state index < -0.39 is 0 Å². The first-order valence-corrected chi connectivity index (χ1v) is 10.3. The normalized spacial score (nSPS) is 10.9. The summed E-state index contributed by atoms with van der Waals surface area (Å²) in [5.74, 6) is 0. The average Bonchev–Trinajstić information content (AvgIpc) is 2.79. The molecule has 4 rings (SSSR count). The van der Waals surface area contributed by atoms with Gasteiger partial charge in [0.25, 0.3) is 0 Å². The SMILES string of the molecule is CN(C)c1ccc2c(NCc3ccc(CNCc4ccccc4)cc3)ccnc2c1. The zero-order chi connectivity index (χ0) is 20.8. The molecule has 2 N–H and O–H groups in total. The molecular weight excluding hydrogens is 368 g/mol. The van der Waals surface area contributed by atoms with Gasteiger partial charge in [0, 0.05) is 56.7 Å². The zero-order valence-corrected chi connectivity index (χ0v) is 17.6. The van der Waals surface area contributed by atoms with Crippen molar-refractivity contribution in [2.45, 2.75) is 19.6 Å². The Balaban J connectivity index is 1.35. The maximum Gasteiger partial charge on any atom is 0.0743 e. The molecule has 0 atom stereocenters. The van der Waals surface area contributed by atoms with Gasteiger partial charge in [-0.05, 0) is 41.0 Å². The lowest BCUT2D eigenvalue weighted by Crippen LogP contribution is -2.12. The van der Waals surface area contributed by atoms with Crippen molar-refractivity contribution in [1.29, 1.82) is 0 Å². The summed E-state index contributed by atoms with van der Waals surface area (Å²) < 4.78 is 0. The van der Waals surface area contributed by atoms with Gasteiger partial charge in [0.2, 0.25) is 0 Å². The summed E-state index contributed by atoms with van der Waals surface area (Å²) in [7, 11) is 4.09. The first-order valence-electron chi connectivity index (χ1n) is 10.3. The van der Waals surface area contributed by atoms with Crippen LogP contribution in [0.4, 0.5) is 11.4 Å². The molecule has 0 amide bonds. The molecule has 3 aromatic carbocycles. The molecule has 0 radical (unpaired) electrons. The van der Waals surface area contributed by atoms with Crippen LogP contribution < -0.4 is 15.5 Å². The van der Waals surface area contributed by atoms with Gasteiger partial charge in [-0.2, -0.15) is 0 Å². The van der Waals surface area contributed by atoms with Crippen LogP contribution in [0.3, 0.4) is 0 Å². The number of benzene rings is 3. The lowest BCUT2D eigenvalue weighted by molar-refractivity contribution is 0.693. The van der Waals surface area contributed by atoms with Gasteiger partial charge in [-0.25, -0.2) is 0 Å². The largest absolute Gasteiger partial charge is 0.380 e. The molecule has 0 saturated heterocycles. The highest BCUT2D eigenvalue weighted by atomic mass is 15.1. The van der Waals surface area contributed by atoms with Crippen LogP contribution in [0.25, 0.3) is 10.9 Å². The summed E-state index contributed by atoms with van der Waals surface area (Å²) >= 11 is 0. The van der Waals surface area contributed by atoms with Crippen LogP contribution in [0.15, 0.2) is 85.1 Å². The predicted molar refractivity (Wildman–Crippen MR) is 127 cm³/mol. The van der Waals surface area contributed by atoms with Gasteiger partial charge in [-0.1, -0.05) is 54.6 Å². The topological polar surface area (TPSA) is 40.2 Å². The van der Waals surface area contributed by atoms with E-state index >= 15 is 0 Å². The summed E-state index contributed by atoms with van der Waals surface area (Å²) in [6.45, 7) is 2.53. The zero-order valence-electron chi connectivity index (χ0n) is 17.6. The number of nitrogens with zero attached hydrogens (tertiary/aromatic N) is 2. The van der Waals surface area contributed by atoms with Gasteiger partial charge < -0.3 is 15.5 Å². The fraction of sp³-hybridized carbons (Fsp3) is 0.192. The molecule has 0 fully saturated rings. The van der Waals surface area contributed by atoms with Crippen LogP contribution in [0.1, 0.15) is 16.7 Å². The maximum atomic E-state index is 4.53. The summed E-state index contributed by atoms with van der Waals surface area (Å²) in [5, 5.41) is 8.21. The maximum absolute atomic E-state index is 4.53. The minimum atomic E-state index is 0.784. The standard InChI is InChI=1S/C26H28N4/c1-30(2)23-12-13-24-25(14-15-28-26(24)16-23)29-19-22-10-8-21(9-11-22)18-27-17-20-6-4-3-5-7-20/h3-16,27H,17-19H2,1-2H3,(H,28,29). The number of hydrogen-bond donors (Lipinski definition) is 2. The first kappa shape index (κ1) is 19.9. The third kappa shape index (κ3) is 4.97. The monoisotopic (exact) mass is 396 g/mol. The molecule has 4 nitrogen and oxygen atoms in total. The van der Waals surface area contributed by atoms with E-state index in [1.165, 1.54) is 16.7 Å². The Kier molecular flexibility index (Phi) is 6.26. The Bertz CT molecular complexity index is 1090.